The van der Waals surface area contributed by atoms with Crippen molar-refractivity contribution in [2.45, 2.75) is 20.8 Å². The fraction of sp³-hybridized carbons (Fsp3) is 0.130. The van der Waals surface area contributed by atoms with Crippen LogP contribution in [0.3, 0.4) is 0 Å². The molecule has 0 aliphatic heterocycles. The van der Waals surface area contributed by atoms with Gasteiger partial charge in [-0.05, 0) is 62.2 Å². The molecule has 4 aromatic rings. The highest BCUT2D eigenvalue weighted by atomic mass is 16.1. The van der Waals surface area contributed by atoms with Gasteiger partial charge in [0.25, 0.3) is 5.91 Å². The first-order valence-corrected chi connectivity index (χ1v) is 9.21. The van der Waals surface area contributed by atoms with Gasteiger partial charge in [-0.2, -0.15) is 5.10 Å². The number of anilines is 1. The number of nitrogens with one attached hydrogen (secondary N) is 1. The number of nitrogens with zero attached hydrogens (tertiary/aromatic N) is 3. The van der Waals surface area contributed by atoms with Crippen molar-refractivity contribution in [2.75, 3.05) is 5.32 Å². The molecule has 0 saturated carbocycles. The van der Waals surface area contributed by atoms with Crippen LogP contribution in [0.1, 0.15) is 27.2 Å². The number of benzene rings is 2. The van der Waals surface area contributed by atoms with Gasteiger partial charge in [-0.3, -0.25) is 4.79 Å². The second kappa shape index (κ2) is 7.19. The zero-order valence-electron chi connectivity index (χ0n) is 16.2. The van der Waals surface area contributed by atoms with Gasteiger partial charge in [0.15, 0.2) is 5.82 Å². The number of rotatable bonds is 4. The molecular formula is C23H22N4O. The number of hydrogen-bond acceptors (Lipinski definition) is 2. The molecule has 1 N–H and O–H groups in total. The van der Waals surface area contributed by atoms with E-state index in [1.165, 1.54) is 0 Å². The summed E-state index contributed by atoms with van der Waals surface area (Å²) < 4.78 is 3.75. The van der Waals surface area contributed by atoms with Crippen molar-refractivity contribution in [3.05, 3.63) is 95.4 Å². The lowest BCUT2D eigenvalue weighted by Crippen LogP contribution is -2.16. The maximum atomic E-state index is 13.2. The van der Waals surface area contributed by atoms with Crippen molar-refractivity contribution in [1.29, 1.82) is 0 Å². The smallest absolute Gasteiger partial charge is 0.261 e. The Morgan fingerprint density at radius 2 is 1.68 bits per heavy atom. The SMILES string of the molecule is Cc1cccc(-n2nc(C)c(C(=O)Nc3ccccc3C)c2-n2cccc2)c1. The lowest BCUT2D eigenvalue weighted by Gasteiger charge is -2.12. The first-order chi connectivity index (χ1) is 13.5. The summed E-state index contributed by atoms with van der Waals surface area (Å²) in [6.07, 6.45) is 3.85. The highest BCUT2D eigenvalue weighted by Crippen LogP contribution is 2.25. The lowest BCUT2D eigenvalue weighted by molar-refractivity contribution is 0.102. The monoisotopic (exact) mass is 370 g/mol. The Morgan fingerprint density at radius 3 is 2.39 bits per heavy atom. The maximum absolute atomic E-state index is 13.2. The summed E-state index contributed by atoms with van der Waals surface area (Å²) in [5, 5.41) is 7.74. The summed E-state index contributed by atoms with van der Waals surface area (Å²) in [4.78, 5) is 13.2. The third-order valence-electron chi connectivity index (χ3n) is 4.75. The van der Waals surface area contributed by atoms with Gasteiger partial charge in [0.05, 0.1) is 11.4 Å². The van der Waals surface area contributed by atoms with Gasteiger partial charge < -0.3 is 9.88 Å². The minimum Gasteiger partial charge on any atom is -0.322 e. The van der Waals surface area contributed by atoms with Gasteiger partial charge in [0.1, 0.15) is 5.56 Å². The van der Waals surface area contributed by atoms with Crippen molar-refractivity contribution in [2.24, 2.45) is 0 Å². The molecule has 0 unspecified atom stereocenters. The average Bonchev–Trinajstić information content (AvgIpc) is 3.31. The topological polar surface area (TPSA) is 51.9 Å². The quantitative estimate of drug-likeness (QED) is 0.559. The number of para-hydroxylation sites is 1. The molecule has 0 aliphatic carbocycles. The average molecular weight is 370 g/mol. The van der Waals surface area contributed by atoms with E-state index in [1.54, 1.807) is 0 Å². The molecule has 0 aliphatic rings. The number of hydrogen-bond donors (Lipinski definition) is 1. The summed E-state index contributed by atoms with van der Waals surface area (Å²) in [6, 6.07) is 19.7. The molecule has 0 bridgehead atoms. The fourth-order valence-electron chi connectivity index (χ4n) is 3.33. The molecule has 5 heteroatoms. The van der Waals surface area contributed by atoms with Crippen LogP contribution in [0.15, 0.2) is 73.1 Å². The number of aryl methyl sites for hydroxylation is 3. The number of carbonyl (C=O) groups excluding carboxylic acids is 1. The van der Waals surface area contributed by atoms with Crippen molar-refractivity contribution < 1.29 is 4.79 Å². The maximum Gasteiger partial charge on any atom is 0.261 e. The molecule has 1 amide bonds. The predicted octanol–water partition coefficient (Wildman–Crippen LogP) is 4.84. The van der Waals surface area contributed by atoms with Gasteiger partial charge >= 0.3 is 0 Å². The van der Waals surface area contributed by atoms with Gasteiger partial charge in [-0.15, -0.1) is 0 Å². The standard InChI is InChI=1S/C23H22N4O/c1-16-9-8-11-19(15-16)27-23(26-13-6-7-14-26)21(18(3)25-27)22(28)24-20-12-5-4-10-17(20)2/h4-15H,1-3H3,(H,24,28). The summed E-state index contributed by atoms with van der Waals surface area (Å²) in [5.74, 6) is 0.550. The summed E-state index contributed by atoms with van der Waals surface area (Å²) >= 11 is 0. The molecule has 2 aromatic heterocycles. The van der Waals surface area contributed by atoms with E-state index in [0.29, 0.717) is 11.3 Å². The highest BCUT2D eigenvalue weighted by Gasteiger charge is 2.24. The third-order valence-corrected chi connectivity index (χ3v) is 4.75. The normalized spacial score (nSPS) is 10.8. The lowest BCUT2D eigenvalue weighted by atomic mass is 10.1. The summed E-state index contributed by atoms with van der Waals surface area (Å²) in [7, 11) is 0. The van der Waals surface area contributed by atoms with Crippen LogP contribution in [0, 0.1) is 20.8 Å². The molecule has 0 radical (unpaired) electrons. The van der Waals surface area contributed by atoms with E-state index >= 15 is 0 Å². The Morgan fingerprint density at radius 1 is 0.929 bits per heavy atom. The molecule has 0 fully saturated rings. The Kier molecular flexibility index (Phi) is 4.57. The van der Waals surface area contributed by atoms with Crippen molar-refractivity contribution in [3.8, 4) is 11.5 Å². The Hall–Kier alpha value is -3.60. The van der Waals surface area contributed by atoms with Crippen LogP contribution in [-0.2, 0) is 0 Å². The molecule has 2 heterocycles. The molecule has 5 nitrogen and oxygen atoms in total. The molecular weight excluding hydrogens is 348 g/mol. The van der Waals surface area contributed by atoms with Crippen LogP contribution in [0.4, 0.5) is 5.69 Å². The molecule has 0 saturated heterocycles. The van der Waals surface area contributed by atoms with Crippen molar-refractivity contribution in [1.82, 2.24) is 14.3 Å². The van der Waals surface area contributed by atoms with Crippen LogP contribution in [0.2, 0.25) is 0 Å². The number of carbonyl (C=O) groups is 1. The molecule has 140 valence electrons. The van der Waals surface area contributed by atoms with Gasteiger partial charge in [0.2, 0.25) is 0 Å². The Labute approximate surface area is 164 Å². The first kappa shape index (κ1) is 17.8. The Balaban J connectivity index is 1.86. The fourth-order valence-corrected chi connectivity index (χ4v) is 3.33. The van der Waals surface area contributed by atoms with E-state index in [2.05, 4.69) is 11.4 Å². The second-order valence-corrected chi connectivity index (χ2v) is 6.89. The summed E-state index contributed by atoms with van der Waals surface area (Å²) in [5.41, 5.74) is 5.10. The van der Waals surface area contributed by atoms with Gasteiger partial charge in [-0.1, -0.05) is 30.3 Å². The van der Waals surface area contributed by atoms with E-state index in [1.807, 2.05) is 97.0 Å². The van der Waals surface area contributed by atoms with Crippen molar-refractivity contribution in [3.63, 3.8) is 0 Å². The van der Waals surface area contributed by atoms with Crippen molar-refractivity contribution >= 4 is 11.6 Å². The number of amides is 1. The zero-order valence-corrected chi connectivity index (χ0v) is 16.2. The minimum atomic E-state index is -0.172. The van der Waals surface area contributed by atoms with Crippen LogP contribution >= 0.6 is 0 Å². The molecule has 4 rings (SSSR count). The van der Waals surface area contributed by atoms with Crippen LogP contribution in [0.5, 0.6) is 0 Å². The van der Waals surface area contributed by atoms with E-state index in [9.17, 15) is 4.79 Å². The predicted molar refractivity (Wildman–Crippen MR) is 111 cm³/mol. The number of aromatic nitrogens is 3. The van der Waals surface area contributed by atoms with E-state index in [4.69, 9.17) is 5.10 Å². The van der Waals surface area contributed by atoms with Crippen LogP contribution in [0.25, 0.3) is 11.5 Å². The molecule has 2 aromatic carbocycles. The van der Waals surface area contributed by atoms with E-state index in [0.717, 1.165) is 28.3 Å². The molecule has 0 atom stereocenters. The van der Waals surface area contributed by atoms with Crippen LogP contribution in [-0.4, -0.2) is 20.3 Å². The zero-order chi connectivity index (χ0) is 19.7. The largest absolute Gasteiger partial charge is 0.322 e. The van der Waals surface area contributed by atoms with E-state index in [-0.39, 0.29) is 5.91 Å². The summed E-state index contributed by atoms with van der Waals surface area (Å²) in [6.45, 7) is 5.89. The Bertz CT molecular complexity index is 1140. The highest BCUT2D eigenvalue weighted by molar-refractivity contribution is 6.07. The first-order valence-electron chi connectivity index (χ1n) is 9.21. The molecule has 28 heavy (non-hydrogen) atoms. The molecule has 0 spiro atoms. The third kappa shape index (κ3) is 3.22. The van der Waals surface area contributed by atoms with Gasteiger partial charge in [-0.25, -0.2) is 4.68 Å². The minimum absolute atomic E-state index is 0.172. The van der Waals surface area contributed by atoms with Crippen LogP contribution < -0.4 is 5.32 Å². The second-order valence-electron chi connectivity index (χ2n) is 6.89. The van der Waals surface area contributed by atoms with E-state index < -0.39 is 0 Å². The van der Waals surface area contributed by atoms with Gasteiger partial charge in [0, 0.05) is 18.1 Å².